The Morgan fingerprint density at radius 2 is 1.74 bits per heavy atom. The number of rotatable bonds is 7. The third kappa shape index (κ3) is 5.81. The Balaban J connectivity index is 1.65. The highest BCUT2D eigenvalue weighted by Crippen LogP contribution is 2.19. The zero-order chi connectivity index (χ0) is 19.1. The number of amides is 1. The molecule has 138 valence electrons. The van der Waals surface area contributed by atoms with Gasteiger partial charge in [-0.05, 0) is 37.1 Å². The van der Waals surface area contributed by atoms with Crippen molar-refractivity contribution < 1.29 is 4.79 Å². The molecule has 0 atom stereocenters. The third-order valence-electron chi connectivity index (χ3n) is 3.86. The SMILES string of the molecule is CC(=O)Nc1cccc(Nc2nc(C)cc(NCCc3ccccc3)n2)c1. The summed E-state index contributed by atoms with van der Waals surface area (Å²) in [6.07, 6.45) is 0.922. The third-order valence-corrected chi connectivity index (χ3v) is 3.86. The number of nitrogens with zero attached hydrogens (tertiary/aromatic N) is 2. The lowest BCUT2D eigenvalue weighted by molar-refractivity contribution is -0.114. The van der Waals surface area contributed by atoms with Crippen molar-refractivity contribution in [3.8, 4) is 0 Å². The minimum atomic E-state index is -0.108. The average Bonchev–Trinajstić information content (AvgIpc) is 2.62. The van der Waals surface area contributed by atoms with Crippen molar-refractivity contribution in [3.63, 3.8) is 0 Å². The van der Waals surface area contributed by atoms with Crippen molar-refractivity contribution in [2.24, 2.45) is 0 Å². The first-order valence-electron chi connectivity index (χ1n) is 8.87. The van der Waals surface area contributed by atoms with E-state index in [2.05, 4.69) is 38.1 Å². The molecule has 27 heavy (non-hydrogen) atoms. The lowest BCUT2D eigenvalue weighted by atomic mass is 10.1. The lowest BCUT2D eigenvalue weighted by Gasteiger charge is -2.11. The summed E-state index contributed by atoms with van der Waals surface area (Å²) in [7, 11) is 0. The van der Waals surface area contributed by atoms with Gasteiger partial charge in [-0.15, -0.1) is 0 Å². The fourth-order valence-corrected chi connectivity index (χ4v) is 2.70. The summed E-state index contributed by atoms with van der Waals surface area (Å²) in [5.74, 6) is 1.18. The Labute approximate surface area is 159 Å². The molecule has 2 aromatic carbocycles. The molecule has 6 nitrogen and oxygen atoms in total. The fourth-order valence-electron chi connectivity index (χ4n) is 2.70. The molecule has 6 heteroatoms. The van der Waals surface area contributed by atoms with Crippen LogP contribution in [0.4, 0.5) is 23.1 Å². The van der Waals surface area contributed by atoms with E-state index in [-0.39, 0.29) is 5.91 Å². The molecule has 1 aromatic heterocycles. The molecule has 3 N–H and O–H groups in total. The second kappa shape index (κ2) is 8.80. The van der Waals surface area contributed by atoms with Crippen LogP contribution in [0.5, 0.6) is 0 Å². The van der Waals surface area contributed by atoms with Gasteiger partial charge in [-0.1, -0.05) is 36.4 Å². The van der Waals surface area contributed by atoms with Gasteiger partial charge in [0, 0.05) is 36.6 Å². The number of anilines is 4. The van der Waals surface area contributed by atoms with Crippen LogP contribution in [0.1, 0.15) is 18.2 Å². The van der Waals surface area contributed by atoms with Crippen LogP contribution in [0, 0.1) is 6.92 Å². The highest BCUT2D eigenvalue weighted by Gasteiger charge is 2.04. The molecule has 0 saturated heterocycles. The van der Waals surface area contributed by atoms with E-state index in [1.165, 1.54) is 12.5 Å². The van der Waals surface area contributed by atoms with Gasteiger partial charge in [-0.2, -0.15) is 4.98 Å². The fraction of sp³-hybridized carbons (Fsp3) is 0.190. The number of hydrogen-bond acceptors (Lipinski definition) is 5. The predicted molar refractivity (Wildman–Crippen MR) is 109 cm³/mol. The maximum atomic E-state index is 11.2. The minimum absolute atomic E-state index is 0.108. The Morgan fingerprint density at radius 3 is 2.52 bits per heavy atom. The van der Waals surface area contributed by atoms with Gasteiger partial charge in [-0.25, -0.2) is 4.98 Å². The van der Waals surface area contributed by atoms with E-state index in [0.717, 1.165) is 35.9 Å². The van der Waals surface area contributed by atoms with Gasteiger partial charge in [0.05, 0.1) is 0 Å². The Bertz CT molecular complexity index is 911. The summed E-state index contributed by atoms with van der Waals surface area (Å²) in [4.78, 5) is 20.2. The van der Waals surface area contributed by atoms with Crippen molar-refractivity contribution in [2.45, 2.75) is 20.3 Å². The largest absolute Gasteiger partial charge is 0.370 e. The molecule has 3 aromatic rings. The van der Waals surface area contributed by atoms with E-state index in [1.54, 1.807) is 0 Å². The first-order valence-corrected chi connectivity index (χ1v) is 8.87. The van der Waals surface area contributed by atoms with Gasteiger partial charge in [0.1, 0.15) is 5.82 Å². The summed E-state index contributed by atoms with van der Waals surface area (Å²) >= 11 is 0. The molecule has 0 spiro atoms. The second-order valence-corrected chi connectivity index (χ2v) is 6.27. The molecule has 0 aliphatic rings. The number of benzene rings is 2. The van der Waals surface area contributed by atoms with Crippen LogP contribution in [-0.2, 0) is 11.2 Å². The first-order chi connectivity index (χ1) is 13.1. The van der Waals surface area contributed by atoms with Crippen LogP contribution < -0.4 is 16.0 Å². The van der Waals surface area contributed by atoms with Crippen LogP contribution >= 0.6 is 0 Å². The normalized spacial score (nSPS) is 10.3. The van der Waals surface area contributed by atoms with Crippen LogP contribution in [0.25, 0.3) is 0 Å². The first kappa shape index (κ1) is 18.4. The monoisotopic (exact) mass is 361 g/mol. The Hall–Kier alpha value is -3.41. The number of hydrogen-bond donors (Lipinski definition) is 3. The van der Waals surface area contributed by atoms with Crippen molar-refractivity contribution in [2.75, 3.05) is 22.5 Å². The van der Waals surface area contributed by atoms with Crippen molar-refractivity contribution in [3.05, 3.63) is 71.9 Å². The summed E-state index contributed by atoms with van der Waals surface area (Å²) in [5.41, 5.74) is 3.68. The van der Waals surface area contributed by atoms with Crippen LogP contribution in [0.15, 0.2) is 60.7 Å². The number of carbonyl (C=O) groups excluding carboxylic acids is 1. The molecule has 0 aliphatic heterocycles. The summed E-state index contributed by atoms with van der Waals surface area (Å²) in [6, 6.07) is 19.7. The van der Waals surface area contributed by atoms with Gasteiger partial charge >= 0.3 is 0 Å². The summed E-state index contributed by atoms with van der Waals surface area (Å²) < 4.78 is 0. The molecule has 0 bridgehead atoms. The number of aryl methyl sites for hydroxylation is 1. The maximum absolute atomic E-state index is 11.2. The van der Waals surface area contributed by atoms with Crippen molar-refractivity contribution >= 4 is 29.0 Å². The minimum Gasteiger partial charge on any atom is -0.370 e. The number of aromatic nitrogens is 2. The van der Waals surface area contributed by atoms with E-state index in [0.29, 0.717) is 5.95 Å². The molecular formula is C21H23N5O. The molecule has 0 aliphatic carbocycles. The smallest absolute Gasteiger partial charge is 0.229 e. The molecule has 0 saturated carbocycles. The van der Waals surface area contributed by atoms with E-state index in [1.807, 2.05) is 55.5 Å². The van der Waals surface area contributed by atoms with Crippen molar-refractivity contribution in [1.82, 2.24) is 9.97 Å². The summed E-state index contributed by atoms with van der Waals surface area (Å²) in [5, 5.41) is 9.31. The molecule has 3 rings (SSSR count). The van der Waals surface area contributed by atoms with Gasteiger partial charge in [0.15, 0.2) is 0 Å². The zero-order valence-corrected chi connectivity index (χ0v) is 15.5. The van der Waals surface area contributed by atoms with Gasteiger partial charge in [-0.3, -0.25) is 4.79 Å². The van der Waals surface area contributed by atoms with Crippen LogP contribution in [0.2, 0.25) is 0 Å². The van der Waals surface area contributed by atoms with E-state index >= 15 is 0 Å². The van der Waals surface area contributed by atoms with Gasteiger partial charge in [0.2, 0.25) is 11.9 Å². The van der Waals surface area contributed by atoms with E-state index < -0.39 is 0 Å². The highest BCUT2D eigenvalue weighted by atomic mass is 16.1. The zero-order valence-electron chi connectivity index (χ0n) is 15.5. The van der Waals surface area contributed by atoms with Gasteiger partial charge in [0.25, 0.3) is 0 Å². The quantitative estimate of drug-likeness (QED) is 0.589. The molecule has 1 amide bonds. The molecule has 1 heterocycles. The van der Waals surface area contributed by atoms with Crippen LogP contribution in [0.3, 0.4) is 0 Å². The second-order valence-electron chi connectivity index (χ2n) is 6.27. The topological polar surface area (TPSA) is 78.9 Å². The van der Waals surface area contributed by atoms with E-state index in [9.17, 15) is 4.79 Å². The Morgan fingerprint density at radius 1 is 0.963 bits per heavy atom. The highest BCUT2D eigenvalue weighted by molar-refractivity contribution is 5.89. The average molecular weight is 361 g/mol. The predicted octanol–water partition coefficient (Wildman–Crippen LogP) is 4.14. The molecular weight excluding hydrogens is 338 g/mol. The van der Waals surface area contributed by atoms with Crippen molar-refractivity contribution in [1.29, 1.82) is 0 Å². The Kier molecular flexibility index (Phi) is 5.99. The van der Waals surface area contributed by atoms with Gasteiger partial charge < -0.3 is 16.0 Å². The molecule has 0 unspecified atom stereocenters. The van der Waals surface area contributed by atoms with E-state index in [4.69, 9.17) is 0 Å². The number of nitrogens with one attached hydrogen (secondary N) is 3. The number of carbonyl (C=O) groups is 1. The summed E-state index contributed by atoms with van der Waals surface area (Å²) in [6.45, 7) is 4.21. The molecule has 0 fully saturated rings. The lowest BCUT2D eigenvalue weighted by Crippen LogP contribution is -2.09. The maximum Gasteiger partial charge on any atom is 0.229 e. The van der Waals surface area contributed by atoms with Crippen LogP contribution in [-0.4, -0.2) is 22.4 Å². The molecule has 0 radical (unpaired) electrons. The standard InChI is InChI=1S/C21H23N5O/c1-15-13-20(22-12-11-17-7-4-3-5-8-17)26-21(23-15)25-19-10-6-9-18(14-19)24-16(2)27/h3-10,13-14H,11-12H2,1-2H3,(H,24,27)(H2,22,23,25,26).